The van der Waals surface area contributed by atoms with Gasteiger partial charge in [-0.15, -0.1) is 28.6 Å². The Morgan fingerprint density at radius 2 is 2.00 bits per heavy atom. The Balaban J connectivity index is -0.000000125. The van der Waals surface area contributed by atoms with Gasteiger partial charge in [0.05, 0.1) is 6.10 Å². The largest absolute Gasteiger partial charge is 0.391 e. The molecule has 0 aliphatic carbocycles. The number of rotatable bonds is 2. The van der Waals surface area contributed by atoms with Crippen LogP contribution in [0.4, 0.5) is 0 Å². The van der Waals surface area contributed by atoms with Crippen molar-refractivity contribution in [1.29, 1.82) is 0 Å². The van der Waals surface area contributed by atoms with Crippen molar-refractivity contribution in [2.45, 2.75) is 6.10 Å². The van der Waals surface area contributed by atoms with Crippen LogP contribution in [0.2, 0.25) is 0 Å². The Kier molecular flexibility index (Phi) is 24.2. The summed E-state index contributed by atoms with van der Waals surface area (Å²) in [5, 5.41) is 9.05. The molecule has 8 heavy (non-hydrogen) atoms. The fourth-order valence-electron chi connectivity index (χ4n) is 0.0412. The van der Waals surface area contributed by atoms with Crippen LogP contribution in [-0.2, 0) is 0 Å². The van der Waals surface area contributed by atoms with E-state index in [0.29, 0.717) is 11.2 Å². The predicted octanol–water partition coefficient (Wildman–Crippen LogP) is 0.643. The molecule has 0 aromatic rings. The molecule has 0 amide bonds. The van der Waals surface area contributed by atoms with E-state index in [1.165, 1.54) is 0 Å². The molecular formula is C3H9Br2ClMgO. The average molecular weight is 281 g/mol. The van der Waals surface area contributed by atoms with Crippen LogP contribution in [0.15, 0.2) is 0 Å². The van der Waals surface area contributed by atoms with Gasteiger partial charge in [0.15, 0.2) is 0 Å². The molecule has 0 spiro atoms. The fraction of sp³-hybridized carbons (Fsp3) is 1.00. The van der Waals surface area contributed by atoms with Crippen LogP contribution in [0, 0.1) is 0 Å². The smallest absolute Gasteiger partial charge is 0.316 e. The molecule has 0 saturated heterocycles. The lowest BCUT2D eigenvalue weighted by molar-refractivity contribution is 0.225. The van der Waals surface area contributed by atoms with Crippen molar-refractivity contribution in [2.75, 3.05) is 11.2 Å². The third-order valence-electron chi connectivity index (χ3n) is 0.356. The van der Waals surface area contributed by atoms with Gasteiger partial charge in [-0.2, -0.15) is 0 Å². The first-order valence-electron chi connectivity index (χ1n) is 1.61. The van der Waals surface area contributed by atoms with Crippen LogP contribution in [0.25, 0.3) is 0 Å². The monoisotopic (exact) mass is 278 g/mol. The lowest BCUT2D eigenvalue weighted by atomic mass is 10.5. The first kappa shape index (κ1) is 16.5. The minimum Gasteiger partial charge on any atom is -0.391 e. The van der Waals surface area contributed by atoms with E-state index in [1.807, 2.05) is 0 Å². The van der Waals surface area contributed by atoms with Crippen LogP contribution in [0.3, 0.4) is 0 Å². The first-order chi connectivity index (χ1) is 2.81. The van der Waals surface area contributed by atoms with Crippen LogP contribution >= 0.6 is 44.5 Å². The Morgan fingerprint density at radius 3 is 2.00 bits per heavy atom. The summed E-state index contributed by atoms with van der Waals surface area (Å²) in [6.07, 6.45) is -0.383. The van der Waals surface area contributed by atoms with E-state index in [9.17, 15) is 0 Å². The zero-order valence-corrected chi connectivity index (χ0v) is 7.66. The Labute approximate surface area is 89.2 Å². The van der Waals surface area contributed by atoms with Gasteiger partial charge in [0.2, 0.25) is 0 Å². The minimum absolute atomic E-state index is 0. The number of aliphatic hydroxyl groups is 1. The molecule has 0 aromatic heterocycles. The Hall–Kier alpha value is 1.98. The standard InChI is InChI=1S/C3H6BrClO.BrH.Mg.2H/c4-1-3(6)2-5;;;;/h3,6H,1-2H2;1H;;;. The molecule has 1 unspecified atom stereocenters. The SMILES string of the molecule is Br.OC(CCl)CBr.[MgH2]. The number of aliphatic hydroxyl groups excluding tert-OH is 1. The molecule has 1 nitrogen and oxygen atoms in total. The van der Waals surface area contributed by atoms with Crippen molar-refractivity contribution in [3.8, 4) is 0 Å². The van der Waals surface area contributed by atoms with Crippen molar-refractivity contribution in [3.63, 3.8) is 0 Å². The molecule has 0 fully saturated rings. The highest BCUT2D eigenvalue weighted by Gasteiger charge is 1.94. The van der Waals surface area contributed by atoms with Gasteiger partial charge in [-0.1, -0.05) is 15.9 Å². The number of hydrogen-bond acceptors (Lipinski definition) is 1. The van der Waals surface area contributed by atoms with Crippen molar-refractivity contribution in [2.24, 2.45) is 0 Å². The molecule has 0 aliphatic heterocycles. The van der Waals surface area contributed by atoms with E-state index in [4.69, 9.17) is 16.7 Å². The maximum absolute atomic E-state index is 8.49. The van der Waals surface area contributed by atoms with Gasteiger partial charge >= 0.3 is 23.1 Å². The van der Waals surface area contributed by atoms with Gasteiger partial charge in [0, 0.05) is 11.2 Å². The molecule has 0 aromatic carbocycles. The molecule has 0 aliphatic rings. The van der Waals surface area contributed by atoms with Gasteiger partial charge < -0.3 is 5.11 Å². The van der Waals surface area contributed by atoms with Gasteiger partial charge in [0.25, 0.3) is 0 Å². The molecule has 0 rings (SSSR count). The van der Waals surface area contributed by atoms with Crippen molar-refractivity contribution in [3.05, 3.63) is 0 Å². The predicted molar refractivity (Wildman–Crippen MR) is 49.4 cm³/mol. The molecular weight excluding hydrogens is 272 g/mol. The lowest BCUT2D eigenvalue weighted by Crippen LogP contribution is -2.08. The first-order valence-corrected chi connectivity index (χ1v) is 3.27. The normalized spacial score (nSPS) is 10.9. The highest BCUT2D eigenvalue weighted by atomic mass is 79.9. The second kappa shape index (κ2) is 11.7. The van der Waals surface area contributed by atoms with Crippen molar-refractivity contribution < 1.29 is 5.11 Å². The molecule has 50 valence electrons. The van der Waals surface area contributed by atoms with Gasteiger partial charge in [-0.3, -0.25) is 0 Å². The molecule has 0 saturated carbocycles. The number of alkyl halides is 2. The van der Waals surface area contributed by atoms with Crippen LogP contribution < -0.4 is 0 Å². The molecule has 1 N–H and O–H groups in total. The van der Waals surface area contributed by atoms with Crippen molar-refractivity contribution in [1.82, 2.24) is 0 Å². The highest BCUT2D eigenvalue weighted by Crippen LogP contribution is 1.90. The Bertz CT molecular complexity index is 36.5. The molecule has 0 radical (unpaired) electrons. The average Bonchev–Trinajstić information content (AvgIpc) is 1.65. The Morgan fingerprint density at radius 1 is 1.62 bits per heavy atom. The summed E-state index contributed by atoms with van der Waals surface area (Å²) in [4.78, 5) is 0. The van der Waals surface area contributed by atoms with E-state index < -0.39 is 0 Å². The van der Waals surface area contributed by atoms with Crippen LogP contribution in [0.5, 0.6) is 0 Å². The van der Waals surface area contributed by atoms with Gasteiger partial charge in [-0.25, -0.2) is 0 Å². The van der Waals surface area contributed by atoms with Gasteiger partial charge in [-0.05, 0) is 0 Å². The van der Waals surface area contributed by atoms with E-state index in [1.54, 1.807) is 0 Å². The van der Waals surface area contributed by atoms with Crippen LogP contribution in [-0.4, -0.2) is 45.5 Å². The zero-order valence-electron chi connectivity index (χ0n) is 3.60. The summed E-state index contributed by atoms with van der Waals surface area (Å²) in [7, 11) is 0. The number of hydrogen-bond donors (Lipinski definition) is 1. The third kappa shape index (κ3) is 10.9. The summed E-state index contributed by atoms with van der Waals surface area (Å²) < 4.78 is 0. The summed E-state index contributed by atoms with van der Waals surface area (Å²) in [6.45, 7) is 0. The third-order valence-corrected chi connectivity index (χ3v) is 1.46. The fourth-order valence-corrected chi connectivity index (χ4v) is 0.643. The quantitative estimate of drug-likeness (QED) is 0.581. The van der Waals surface area contributed by atoms with E-state index in [-0.39, 0.29) is 46.1 Å². The molecule has 0 heterocycles. The van der Waals surface area contributed by atoms with E-state index in [0.717, 1.165) is 0 Å². The highest BCUT2D eigenvalue weighted by molar-refractivity contribution is 9.09. The summed E-state index contributed by atoms with van der Waals surface area (Å²) in [6, 6.07) is 0. The van der Waals surface area contributed by atoms with Crippen LogP contribution in [0.1, 0.15) is 0 Å². The van der Waals surface area contributed by atoms with Gasteiger partial charge in [0.1, 0.15) is 0 Å². The topological polar surface area (TPSA) is 20.2 Å². The van der Waals surface area contributed by atoms with Crippen molar-refractivity contribution >= 4 is 67.6 Å². The molecule has 1 atom stereocenters. The lowest BCUT2D eigenvalue weighted by Gasteiger charge is -1.95. The molecule has 5 heteroatoms. The minimum atomic E-state index is -0.383. The zero-order chi connectivity index (χ0) is 4.99. The van der Waals surface area contributed by atoms with E-state index in [2.05, 4.69) is 15.9 Å². The maximum atomic E-state index is 8.49. The van der Waals surface area contributed by atoms with E-state index >= 15 is 0 Å². The summed E-state index contributed by atoms with van der Waals surface area (Å²) in [5.41, 5.74) is 0. The summed E-state index contributed by atoms with van der Waals surface area (Å²) in [5.74, 6) is 0.311. The maximum Gasteiger partial charge on any atom is 0.316 e. The number of halogens is 3. The molecule has 0 bridgehead atoms. The second-order valence-electron chi connectivity index (χ2n) is 0.962. The second-order valence-corrected chi connectivity index (χ2v) is 1.92. The summed E-state index contributed by atoms with van der Waals surface area (Å²) >= 11 is 8.21.